The molecule has 1 aromatic rings. The molecular weight excluding hydrogens is 354 g/mol. The molecule has 5 N–H and O–H groups in total. The van der Waals surface area contributed by atoms with Crippen molar-refractivity contribution >= 4 is 16.3 Å². The van der Waals surface area contributed by atoms with Gasteiger partial charge in [-0.15, -0.1) is 14.5 Å². The Labute approximate surface area is 145 Å². The van der Waals surface area contributed by atoms with Gasteiger partial charge in [-0.3, -0.25) is 9.35 Å². The Morgan fingerprint density at radius 2 is 2.12 bits per heavy atom. The Kier molecular flexibility index (Phi) is 6.84. The summed E-state index contributed by atoms with van der Waals surface area (Å²) < 4.78 is 40.2. The Bertz CT molecular complexity index is 678. The van der Waals surface area contributed by atoms with E-state index in [0.717, 1.165) is 6.42 Å². The summed E-state index contributed by atoms with van der Waals surface area (Å²) in [7, 11) is -4.73. The first-order valence-electron chi connectivity index (χ1n) is 8.04. The van der Waals surface area contributed by atoms with Crippen LogP contribution in [-0.4, -0.2) is 52.8 Å². The highest BCUT2D eigenvalue weighted by molar-refractivity contribution is 7.80. The molecule has 0 aromatic carbocycles. The number of carbonyl (C=O) groups excluding carboxylic acids is 1. The van der Waals surface area contributed by atoms with Crippen LogP contribution >= 0.6 is 0 Å². The van der Waals surface area contributed by atoms with E-state index in [1.165, 1.54) is 0 Å². The summed E-state index contributed by atoms with van der Waals surface area (Å²) in [5, 5.41) is 8.54. The minimum Gasteiger partial charge on any atom is -0.425 e. The van der Waals surface area contributed by atoms with Crippen LogP contribution in [0.1, 0.15) is 43.9 Å². The van der Waals surface area contributed by atoms with Gasteiger partial charge in [0.25, 0.3) is 0 Å². The first-order valence-corrected chi connectivity index (χ1v) is 9.41. The Morgan fingerprint density at radius 3 is 2.80 bits per heavy atom. The highest BCUT2D eigenvalue weighted by atomic mass is 32.3. The van der Waals surface area contributed by atoms with Crippen molar-refractivity contribution in [2.75, 3.05) is 6.54 Å². The summed E-state index contributed by atoms with van der Waals surface area (Å²) in [4.78, 5) is 11.6. The van der Waals surface area contributed by atoms with Gasteiger partial charge in [0.2, 0.25) is 17.7 Å². The van der Waals surface area contributed by atoms with Crippen LogP contribution in [0.2, 0.25) is 0 Å². The standard InChI is InChI=1S/C13H23N5O6S/c14-7-1-2-11-16-17-12(23-11)8-9(15)3-4-10-5-6-13(19)18(10)24-25(20,21)22/h9-10H,1-8,14-15H2,(H,20,21,22)/t9-,10+/m0/s1. The zero-order valence-corrected chi connectivity index (χ0v) is 14.5. The highest BCUT2D eigenvalue weighted by Crippen LogP contribution is 2.24. The summed E-state index contributed by atoms with van der Waals surface area (Å²) in [5.41, 5.74) is 11.5. The number of amides is 1. The van der Waals surface area contributed by atoms with Gasteiger partial charge < -0.3 is 15.9 Å². The first-order chi connectivity index (χ1) is 11.8. The lowest BCUT2D eigenvalue weighted by molar-refractivity contribution is -0.157. The van der Waals surface area contributed by atoms with Crippen molar-refractivity contribution in [1.82, 2.24) is 15.3 Å². The predicted molar refractivity (Wildman–Crippen MR) is 85.1 cm³/mol. The first kappa shape index (κ1) is 19.7. The molecule has 0 bridgehead atoms. The van der Waals surface area contributed by atoms with E-state index in [1.54, 1.807) is 0 Å². The van der Waals surface area contributed by atoms with Gasteiger partial charge in [-0.1, -0.05) is 0 Å². The molecule has 2 heterocycles. The van der Waals surface area contributed by atoms with Gasteiger partial charge >= 0.3 is 10.4 Å². The number of hydroxylamine groups is 2. The van der Waals surface area contributed by atoms with Crippen LogP contribution < -0.4 is 11.5 Å². The lowest BCUT2D eigenvalue weighted by Crippen LogP contribution is -2.36. The summed E-state index contributed by atoms with van der Waals surface area (Å²) >= 11 is 0. The molecule has 0 aliphatic carbocycles. The quantitative estimate of drug-likeness (QED) is 0.444. The van der Waals surface area contributed by atoms with Crippen molar-refractivity contribution in [1.29, 1.82) is 0 Å². The highest BCUT2D eigenvalue weighted by Gasteiger charge is 2.35. The maximum absolute atomic E-state index is 11.6. The Morgan fingerprint density at radius 1 is 1.40 bits per heavy atom. The van der Waals surface area contributed by atoms with E-state index in [9.17, 15) is 13.2 Å². The summed E-state index contributed by atoms with van der Waals surface area (Å²) in [5.74, 6) is 0.451. The molecule has 1 amide bonds. The Hall–Kier alpha value is -1.60. The lowest BCUT2D eigenvalue weighted by Gasteiger charge is -2.22. The largest absolute Gasteiger partial charge is 0.425 e. The second-order valence-corrected chi connectivity index (χ2v) is 6.94. The van der Waals surface area contributed by atoms with Gasteiger partial charge in [-0.2, -0.15) is 13.5 Å². The monoisotopic (exact) mass is 377 g/mol. The number of carbonyl (C=O) groups is 1. The van der Waals surface area contributed by atoms with E-state index < -0.39 is 22.3 Å². The van der Waals surface area contributed by atoms with Crippen LogP contribution in [0, 0.1) is 0 Å². The van der Waals surface area contributed by atoms with E-state index in [1.807, 2.05) is 0 Å². The summed E-state index contributed by atoms with van der Waals surface area (Å²) in [6.07, 6.45) is 3.25. The van der Waals surface area contributed by atoms with Crippen LogP contribution in [0.4, 0.5) is 0 Å². The molecule has 1 aliphatic rings. The van der Waals surface area contributed by atoms with Crippen LogP contribution in [-0.2, 0) is 32.3 Å². The molecule has 1 aliphatic heterocycles. The molecule has 12 heteroatoms. The van der Waals surface area contributed by atoms with Gasteiger partial charge in [0, 0.05) is 25.3 Å². The molecule has 142 valence electrons. The molecule has 25 heavy (non-hydrogen) atoms. The summed E-state index contributed by atoms with van der Waals surface area (Å²) in [6.45, 7) is 0.541. The minimum absolute atomic E-state index is 0.156. The maximum Gasteiger partial charge on any atom is 0.418 e. The zero-order valence-electron chi connectivity index (χ0n) is 13.7. The molecule has 1 saturated heterocycles. The summed E-state index contributed by atoms with van der Waals surface area (Å²) in [6, 6.07) is -0.755. The zero-order chi connectivity index (χ0) is 18.4. The number of hydrogen-bond acceptors (Lipinski definition) is 9. The van der Waals surface area contributed by atoms with Crippen molar-refractivity contribution < 1.29 is 26.5 Å². The SMILES string of the molecule is NCCCc1nnc(C[C@@H](N)CC[C@@H]2CCC(=O)N2OS(=O)(=O)O)o1. The molecule has 1 fully saturated rings. The second kappa shape index (κ2) is 8.67. The molecule has 11 nitrogen and oxygen atoms in total. The predicted octanol–water partition coefficient (Wildman–Crippen LogP) is -0.664. The number of aromatic nitrogens is 2. The fraction of sp³-hybridized carbons (Fsp3) is 0.769. The maximum atomic E-state index is 11.6. The topological polar surface area (TPSA) is 175 Å². The molecule has 2 atom stereocenters. The fourth-order valence-electron chi connectivity index (χ4n) is 2.64. The van der Waals surface area contributed by atoms with E-state index in [4.69, 9.17) is 20.4 Å². The molecular formula is C13H23N5O6S. The average Bonchev–Trinajstić information content (AvgIpc) is 3.10. The van der Waals surface area contributed by atoms with Crippen molar-refractivity contribution in [3.05, 3.63) is 11.8 Å². The molecule has 0 unspecified atom stereocenters. The number of nitrogens with two attached hydrogens (primary N) is 2. The van der Waals surface area contributed by atoms with Gasteiger partial charge in [0.05, 0.1) is 6.04 Å². The molecule has 0 radical (unpaired) electrons. The molecule has 1 aromatic heterocycles. The van der Waals surface area contributed by atoms with Gasteiger partial charge in [0.15, 0.2) is 0 Å². The minimum atomic E-state index is -4.73. The van der Waals surface area contributed by atoms with Crippen LogP contribution in [0.3, 0.4) is 0 Å². The van der Waals surface area contributed by atoms with E-state index in [2.05, 4.69) is 14.5 Å². The number of aryl methyl sites for hydroxylation is 1. The molecule has 0 spiro atoms. The van der Waals surface area contributed by atoms with Crippen LogP contribution in [0.25, 0.3) is 0 Å². The van der Waals surface area contributed by atoms with Crippen molar-refractivity contribution in [2.24, 2.45) is 11.5 Å². The van der Waals surface area contributed by atoms with Gasteiger partial charge in [-0.25, -0.2) is 0 Å². The number of nitrogens with zero attached hydrogens (tertiary/aromatic N) is 3. The fourth-order valence-corrected chi connectivity index (χ4v) is 3.05. The van der Waals surface area contributed by atoms with Crippen LogP contribution in [0.5, 0.6) is 0 Å². The van der Waals surface area contributed by atoms with Crippen molar-refractivity contribution in [3.8, 4) is 0 Å². The normalized spacial score (nSPS) is 19.6. The van der Waals surface area contributed by atoms with Crippen molar-refractivity contribution in [3.63, 3.8) is 0 Å². The Balaban J connectivity index is 1.81. The third-order valence-corrected chi connectivity index (χ3v) is 4.20. The van der Waals surface area contributed by atoms with Gasteiger partial charge in [0.1, 0.15) is 0 Å². The van der Waals surface area contributed by atoms with E-state index >= 15 is 0 Å². The third kappa shape index (κ3) is 6.32. The number of hydrogen-bond donors (Lipinski definition) is 3. The van der Waals surface area contributed by atoms with E-state index in [-0.39, 0.29) is 12.5 Å². The molecule has 0 saturated carbocycles. The smallest absolute Gasteiger partial charge is 0.418 e. The second-order valence-electron chi connectivity index (χ2n) is 5.94. The van der Waals surface area contributed by atoms with Gasteiger partial charge in [-0.05, 0) is 32.2 Å². The number of rotatable bonds is 10. The average molecular weight is 377 g/mol. The molecule has 2 rings (SSSR count). The van der Waals surface area contributed by atoms with E-state index in [0.29, 0.717) is 55.5 Å². The lowest BCUT2D eigenvalue weighted by atomic mass is 10.0. The van der Waals surface area contributed by atoms with Crippen molar-refractivity contribution in [2.45, 2.75) is 57.0 Å². The van der Waals surface area contributed by atoms with Crippen LogP contribution in [0.15, 0.2) is 4.42 Å². The third-order valence-electron chi connectivity index (χ3n) is 3.85.